The van der Waals surface area contributed by atoms with E-state index in [0.29, 0.717) is 29.7 Å². The number of rotatable bonds is 5. The lowest BCUT2D eigenvalue weighted by molar-refractivity contribution is -0.136. The monoisotopic (exact) mass is 378 g/mol. The molecular formula is C19H20Cl2N2O2. The van der Waals surface area contributed by atoms with Gasteiger partial charge < -0.3 is 14.5 Å². The largest absolute Gasteiger partial charge is 0.368 e. The predicted octanol–water partition coefficient (Wildman–Crippen LogP) is 3.86. The lowest BCUT2D eigenvalue weighted by Gasteiger charge is -2.36. The van der Waals surface area contributed by atoms with Gasteiger partial charge in [0.15, 0.2) is 0 Å². The van der Waals surface area contributed by atoms with Crippen LogP contribution in [0.4, 0.5) is 5.69 Å². The standard InChI is InChI=1S/C19H20Cl2N2O2/c20-16-10-17(21)12-18(11-16)22-6-8-23(9-7-22)19(24)14-25-13-15-4-2-1-3-5-15/h1-5,10-12H,6-9,13-14H2. The van der Waals surface area contributed by atoms with Crippen LogP contribution in [0.25, 0.3) is 0 Å². The Morgan fingerprint density at radius 2 is 1.60 bits per heavy atom. The summed E-state index contributed by atoms with van der Waals surface area (Å²) in [6, 6.07) is 15.4. The Morgan fingerprint density at radius 3 is 2.24 bits per heavy atom. The number of carbonyl (C=O) groups excluding carboxylic acids is 1. The van der Waals surface area contributed by atoms with Gasteiger partial charge in [0.05, 0.1) is 6.61 Å². The van der Waals surface area contributed by atoms with Crippen LogP contribution < -0.4 is 4.90 Å². The third-order valence-corrected chi connectivity index (χ3v) is 4.62. The van der Waals surface area contributed by atoms with Gasteiger partial charge in [0, 0.05) is 41.9 Å². The van der Waals surface area contributed by atoms with Crippen molar-refractivity contribution in [2.75, 3.05) is 37.7 Å². The summed E-state index contributed by atoms with van der Waals surface area (Å²) in [7, 11) is 0. The number of nitrogens with zero attached hydrogens (tertiary/aromatic N) is 2. The summed E-state index contributed by atoms with van der Waals surface area (Å²) in [5.74, 6) is 0.0275. The van der Waals surface area contributed by atoms with E-state index in [2.05, 4.69) is 4.90 Å². The maximum Gasteiger partial charge on any atom is 0.248 e. The van der Waals surface area contributed by atoms with Crippen LogP contribution in [-0.2, 0) is 16.1 Å². The Bertz CT molecular complexity index is 696. The molecule has 25 heavy (non-hydrogen) atoms. The van der Waals surface area contributed by atoms with Crippen molar-refractivity contribution in [3.63, 3.8) is 0 Å². The Labute approximate surface area is 157 Å². The smallest absolute Gasteiger partial charge is 0.248 e. The van der Waals surface area contributed by atoms with E-state index in [9.17, 15) is 4.79 Å². The molecule has 3 rings (SSSR count). The average Bonchev–Trinajstić information content (AvgIpc) is 2.62. The molecule has 4 nitrogen and oxygen atoms in total. The highest BCUT2D eigenvalue weighted by Crippen LogP contribution is 2.26. The summed E-state index contributed by atoms with van der Waals surface area (Å²) in [5, 5.41) is 1.24. The van der Waals surface area contributed by atoms with E-state index >= 15 is 0 Å². The highest BCUT2D eigenvalue weighted by molar-refractivity contribution is 6.35. The molecule has 1 aliphatic rings. The topological polar surface area (TPSA) is 32.8 Å². The first kappa shape index (κ1) is 18.1. The molecule has 0 N–H and O–H groups in total. The quantitative estimate of drug-likeness (QED) is 0.791. The van der Waals surface area contributed by atoms with Crippen molar-refractivity contribution in [3.05, 3.63) is 64.1 Å². The Balaban J connectivity index is 1.46. The van der Waals surface area contributed by atoms with Gasteiger partial charge in [0.25, 0.3) is 0 Å². The number of carbonyl (C=O) groups is 1. The fourth-order valence-corrected chi connectivity index (χ4v) is 3.37. The number of ether oxygens (including phenoxy) is 1. The minimum atomic E-state index is 0.0275. The molecule has 0 unspecified atom stereocenters. The lowest BCUT2D eigenvalue weighted by atomic mass is 10.2. The van der Waals surface area contributed by atoms with Crippen LogP contribution >= 0.6 is 23.2 Å². The molecule has 6 heteroatoms. The molecule has 0 aromatic heterocycles. The first-order valence-electron chi connectivity index (χ1n) is 8.22. The summed E-state index contributed by atoms with van der Waals surface area (Å²) in [4.78, 5) is 16.3. The van der Waals surface area contributed by atoms with Crippen molar-refractivity contribution in [3.8, 4) is 0 Å². The third-order valence-electron chi connectivity index (χ3n) is 4.18. The van der Waals surface area contributed by atoms with Crippen molar-refractivity contribution in [2.45, 2.75) is 6.61 Å². The van der Waals surface area contributed by atoms with Crippen LogP contribution in [0.15, 0.2) is 48.5 Å². The molecule has 2 aromatic rings. The zero-order valence-electron chi connectivity index (χ0n) is 13.8. The Morgan fingerprint density at radius 1 is 0.960 bits per heavy atom. The van der Waals surface area contributed by atoms with Gasteiger partial charge in [-0.2, -0.15) is 0 Å². The first-order chi connectivity index (χ1) is 12.1. The zero-order chi connectivity index (χ0) is 17.6. The van der Waals surface area contributed by atoms with Crippen molar-refractivity contribution in [1.29, 1.82) is 0 Å². The van der Waals surface area contributed by atoms with E-state index in [1.54, 1.807) is 6.07 Å². The molecule has 1 heterocycles. The van der Waals surface area contributed by atoms with Gasteiger partial charge in [-0.25, -0.2) is 0 Å². The van der Waals surface area contributed by atoms with Crippen LogP contribution in [-0.4, -0.2) is 43.6 Å². The number of anilines is 1. The summed E-state index contributed by atoms with van der Waals surface area (Å²) in [5.41, 5.74) is 2.06. The molecule has 2 aromatic carbocycles. The van der Waals surface area contributed by atoms with Gasteiger partial charge in [-0.3, -0.25) is 4.79 Å². The number of halogens is 2. The van der Waals surface area contributed by atoms with Crippen molar-refractivity contribution >= 4 is 34.8 Å². The minimum Gasteiger partial charge on any atom is -0.368 e. The average molecular weight is 379 g/mol. The van der Waals surface area contributed by atoms with Gasteiger partial charge in [0.2, 0.25) is 5.91 Å². The minimum absolute atomic E-state index is 0.0275. The maximum absolute atomic E-state index is 12.3. The van der Waals surface area contributed by atoms with E-state index in [1.807, 2.05) is 47.4 Å². The fourth-order valence-electron chi connectivity index (χ4n) is 2.86. The number of piperazine rings is 1. The van der Waals surface area contributed by atoms with Crippen molar-refractivity contribution in [1.82, 2.24) is 4.90 Å². The second-order valence-electron chi connectivity index (χ2n) is 5.97. The van der Waals surface area contributed by atoms with E-state index in [-0.39, 0.29) is 12.5 Å². The Kier molecular flexibility index (Phi) is 6.19. The van der Waals surface area contributed by atoms with Gasteiger partial charge in [-0.15, -0.1) is 0 Å². The number of amides is 1. The lowest BCUT2D eigenvalue weighted by Crippen LogP contribution is -2.49. The van der Waals surface area contributed by atoms with Crippen molar-refractivity contribution < 1.29 is 9.53 Å². The number of benzene rings is 2. The molecule has 0 aliphatic carbocycles. The molecule has 1 aliphatic heterocycles. The van der Waals surface area contributed by atoms with Gasteiger partial charge in [-0.05, 0) is 23.8 Å². The molecule has 0 radical (unpaired) electrons. The van der Waals surface area contributed by atoms with Crippen LogP contribution in [0, 0.1) is 0 Å². The fraction of sp³-hybridized carbons (Fsp3) is 0.316. The third kappa shape index (κ3) is 5.11. The number of hydrogen-bond donors (Lipinski definition) is 0. The highest BCUT2D eigenvalue weighted by atomic mass is 35.5. The van der Waals surface area contributed by atoms with Crippen LogP contribution in [0.1, 0.15) is 5.56 Å². The highest BCUT2D eigenvalue weighted by Gasteiger charge is 2.21. The maximum atomic E-state index is 12.3. The van der Waals surface area contributed by atoms with E-state index in [0.717, 1.165) is 24.3 Å². The zero-order valence-corrected chi connectivity index (χ0v) is 15.3. The van der Waals surface area contributed by atoms with Crippen LogP contribution in [0.5, 0.6) is 0 Å². The molecular weight excluding hydrogens is 359 g/mol. The summed E-state index contributed by atoms with van der Waals surface area (Å²) in [6.45, 7) is 3.39. The molecule has 0 bridgehead atoms. The summed E-state index contributed by atoms with van der Waals surface area (Å²) < 4.78 is 5.54. The predicted molar refractivity (Wildman–Crippen MR) is 101 cm³/mol. The summed E-state index contributed by atoms with van der Waals surface area (Å²) in [6.07, 6.45) is 0. The molecule has 1 fully saturated rings. The van der Waals surface area contributed by atoms with Crippen molar-refractivity contribution in [2.24, 2.45) is 0 Å². The number of hydrogen-bond acceptors (Lipinski definition) is 3. The van der Waals surface area contributed by atoms with Gasteiger partial charge >= 0.3 is 0 Å². The second-order valence-corrected chi connectivity index (χ2v) is 6.85. The molecule has 1 amide bonds. The van der Waals surface area contributed by atoms with Gasteiger partial charge in [-0.1, -0.05) is 53.5 Å². The van der Waals surface area contributed by atoms with E-state index in [1.165, 1.54) is 0 Å². The molecule has 132 valence electrons. The van der Waals surface area contributed by atoms with E-state index in [4.69, 9.17) is 27.9 Å². The molecule has 0 spiro atoms. The normalized spacial score (nSPS) is 14.6. The molecule has 1 saturated heterocycles. The SMILES string of the molecule is O=C(COCc1ccccc1)N1CCN(c2cc(Cl)cc(Cl)c2)CC1. The van der Waals surface area contributed by atoms with Crippen LogP contribution in [0.2, 0.25) is 10.0 Å². The van der Waals surface area contributed by atoms with Crippen LogP contribution in [0.3, 0.4) is 0 Å². The van der Waals surface area contributed by atoms with E-state index < -0.39 is 0 Å². The molecule has 0 saturated carbocycles. The Hall–Kier alpha value is -1.75. The molecule has 0 atom stereocenters. The second kappa shape index (κ2) is 8.56. The first-order valence-corrected chi connectivity index (χ1v) is 8.98. The summed E-state index contributed by atoms with van der Waals surface area (Å²) >= 11 is 12.1. The van der Waals surface area contributed by atoms with Gasteiger partial charge in [0.1, 0.15) is 6.61 Å².